The maximum atomic E-state index is 4.63. The molecule has 1 saturated carbocycles. The molecule has 0 aromatic carbocycles. The Labute approximate surface area is 150 Å². The van der Waals surface area contributed by atoms with E-state index in [1.807, 2.05) is 12.4 Å². The fourth-order valence-electron chi connectivity index (χ4n) is 4.45. The van der Waals surface area contributed by atoms with Crippen molar-refractivity contribution < 1.29 is 0 Å². The molecular weight excluding hydrogens is 310 g/mol. The SMILES string of the molecule is CCn1ccnc1CN(Cc1cccnc1C)[C@@H]1CC12CCNCC2. The summed E-state index contributed by atoms with van der Waals surface area (Å²) in [5, 5.41) is 3.52. The Morgan fingerprint density at radius 3 is 2.84 bits per heavy atom. The summed E-state index contributed by atoms with van der Waals surface area (Å²) in [7, 11) is 0. The standard InChI is InChI=1S/C20H29N5/c1-3-24-12-11-23-19(24)15-25(14-17-5-4-8-22-16(17)2)18-13-20(18)6-9-21-10-7-20/h4-5,8,11-12,18,21H,3,6-7,9-10,13-15H2,1-2H3/t18-/m1/s1. The molecule has 134 valence electrons. The Hall–Kier alpha value is -1.72. The van der Waals surface area contributed by atoms with Gasteiger partial charge in [-0.05, 0) is 63.2 Å². The molecule has 5 heteroatoms. The molecule has 1 saturated heterocycles. The van der Waals surface area contributed by atoms with Crippen molar-refractivity contribution in [2.75, 3.05) is 13.1 Å². The van der Waals surface area contributed by atoms with Crippen LogP contribution in [0.15, 0.2) is 30.7 Å². The van der Waals surface area contributed by atoms with Crippen LogP contribution in [-0.4, -0.2) is 38.6 Å². The summed E-state index contributed by atoms with van der Waals surface area (Å²) in [5.74, 6) is 1.18. The van der Waals surface area contributed by atoms with E-state index in [2.05, 4.69) is 56.9 Å². The zero-order valence-corrected chi connectivity index (χ0v) is 15.4. The maximum absolute atomic E-state index is 4.63. The van der Waals surface area contributed by atoms with Gasteiger partial charge in [-0.15, -0.1) is 0 Å². The van der Waals surface area contributed by atoms with Crippen LogP contribution in [0.3, 0.4) is 0 Å². The first kappa shape index (κ1) is 16.7. The first-order valence-electron chi connectivity index (χ1n) is 9.57. The number of piperidine rings is 1. The molecule has 0 amide bonds. The topological polar surface area (TPSA) is 46.0 Å². The molecule has 2 aromatic heterocycles. The smallest absolute Gasteiger partial charge is 0.122 e. The van der Waals surface area contributed by atoms with E-state index in [9.17, 15) is 0 Å². The van der Waals surface area contributed by atoms with E-state index in [4.69, 9.17) is 0 Å². The minimum Gasteiger partial charge on any atom is -0.334 e. The minimum absolute atomic E-state index is 0.533. The molecular formula is C20H29N5. The lowest BCUT2D eigenvalue weighted by Crippen LogP contribution is -2.36. The van der Waals surface area contributed by atoms with E-state index in [-0.39, 0.29) is 0 Å². The Morgan fingerprint density at radius 1 is 1.24 bits per heavy atom. The predicted octanol–water partition coefficient (Wildman–Crippen LogP) is 2.75. The van der Waals surface area contributed by atoms with Crippen LogP contribution >= 0.6 is 0 Å². The molecule has 2 fully saturated rings. The minimum atomic E-state index is 0.533. The van der Waals surface area contributed by atoms with Crippen LogP contribution in [-0.2, 0) is 19.6 Å². The van der Waals surface area contributed by atoms with E-state index in [1.54, 1.807) is 0 Å². The van der Waals surface area contributed by atoms with Gasteiger partial charge in [0.1, 0.15) is 5.82 Å². The first-order chi connectivity index (χ1) is 12.2. The number of hydrogen-bond acceptors (Lipinski definition) is 4. The van der Waals surface area contributed by atoms with E-state index >= 15 is 0 Å². The Bertz CT molecular complexity index is 716. The molecule has 1 atom stereocenters. The van der Waals surface area contributed by atoms with Gasteiger partial charge in [-0.3, -0.25) is 9.88 Å². The van der Waals surface area contributed by atoms with Gasteiger partial charge in [-0.2, -0.15) is 0 Å². The van der Waals surface area contributed by atoms with E-state index in [0.29, 0.717) is 11.5 Å². The Kier molecular flexibility index (Phi) is 4.61. The summed E-state index contributed by atoms with van der Waals surface area (Å²) in [6, 6.07) is 4.95. The highest BCUT2D eigenvalue weighted by Gasteiger charge is 2.56. The zero-order valence-electron chi connectivity index (χ0n) is 15.4. The summed E-state index contributed by atoms with van der Waals surface area (Å²) < 4.78 is 2.26. The predicted molar refractivity (Wildman–Crippen MR) is 99.1 cm³/mol. The van der Waals surface area contributed by atoms with Crippen molar-refractivity contribution >= 4 is 0 Å². The molecule has 2 aliphatic rings. The van der Waals surface area contributed by atoms with Gasteiger partial charge in [-0.25, -0.2) is 4.98 Å². The Morgan fingerprint density at radius 2 is 2.08 bits per heavy atom. The van der Waals surface area contributed by atoms with E-state index in [0.717, 1.165) is 25.3 Å². The average molecular weight is 339 g/mol. The molecule has 3 heterocycles. The first-order valence-corrected chi connectivity index (χ1v) is 9.57. The number of hydrogen-bond donors (Lipinski definition) is 1. The highest BCUT2D eigenvalue weighted by molar-refractivity contribution is 5.20. The van der Waals surface area contributed by atoms with Crippen molar-refractivity contribution in [3.05, 3.63) is 47.8 Å². The number of aromatic nitrogens is 3. The number of nitrogens with zero attached hydrogens (tertiary/aromatic N) is 4. The molecule has 2 aromatic rings. The van der Waals surface area contributed by atoms with Gasteiger partial charge < -0.3 is 9.88 Å². The number of nitrogens with one attached hydrogen (secondary N) is 1. The number of pyridine rings is 1. The normalized spacial score (nSPS) is 21.8. The van der Waals surface area contributed by atoms with Crippen molar-refractivity contribution in [1.29, 1.82) is 0 Å². The second-order valence-electron chi connectivity index (χ2n) is 7.61. The third-order valence-electron chi connectivity index (χ3n) is 6.16. The lowest BCUT2D eigenvalue weighted by atomic mass is 9.93. The number of aryl methyl sites for hydroxylation is 2. The summed E-state index contributed by atoms with van der Waals surface area (Å²) in [6.45, 7) is 9.51. The lowest BCUT2D eigenvalue weighted by molar-refractivity contribution is 0.182. The van der Waals surface area contributed by atoms with E-state index in [1.165, 1.54) is 43.7 Å². The maximum Gasteiger partial charge on any atom is 0.122 e. The van der Waals surface area contributed by atoms with Gasteiger partial charge in [0, 0.05) is 43.4 Å². The zero-order chi connectivity index (χ0) is 17.3. The van der Waals surface area contributed by atoms with Crippen LogP contribution < -0.4 is 5.32 Å². The molecule has 25 heavy (non-hydrogen) atoms. The second-order valence-corrected chi connectivity index (χ2v) is 7.61. The summed E-state index contributed by atoms with van der Waals surface area (Å²) >= 11 is 0. The van der Waals surface area contributed by atoms with E-state index < -0.39 is 0 Å². The van der Waals surface area contributed by atoms with Gasteiger partial charge in [0.25, 0.3) is 0 Å². The molecule has 0 bridgehead atoms. The van der Waals surface area contributed by atoms with Crippen LogP contribution in [0.4, 0.5) is 0 Å². The van der Waals surface area contributed by atoms with Gasteiger partial charge in [0.05, 0.1) is 6.54 Å². The lowest BCUT2D eigenvalue weighted by Gasteiger charge is -2.29. The van der Waals surface area contributed by atoms with Crippen molar-refractivity contribution in [3.8, 4) is 0 Å². The summed E-state index contributed by atoms with van der Waals surface area (Å²) in [4.78, 5) is 11.8. The molecule has 4 rings (SSSR count). The van der Waals surface area contributed by atoms with Crippen molar-refractivity contribution in [3.63, 3.8) is 0 Å². The largest absolute Gasteiger partial charge is 0.334 e. The van der Waals surface area contributed by atoms with Gasteiger partial charge in [0.15, 0.2) is 0 Å². The third kappa shape index (κ3) is 3.35. The van der Waals surface area contributed by atoms with Gasteiger partial charge in [-0.1, -0.05) is 6.07 Å². The monoisotopic (exact) mass is 339 g/mol. The fourth-order valence-corrected chi connectivity index (χ4v) is 4.45. The van der Waals surface area contributed by atoms with Crippen LogP contribution in [0.5, 0.6) is 0 Å². The highest BCUT2D eigenvalue weighted by Crippen LogP contribution is 2.56. The van der Waals surface area contributed by atoms with Crippen LogP contribution in [0.2, 0.25) is 0 Å². The molecule has 1 spiro atoms. The summed E-state index contributed by atoms with van der Waals surface area (Å²) in [6.07, 6.45) is 9.86. The van der Waals surface area contributed by atoms with Crippen molar-refractivity contribution in [2.24, 2.45) is 5.41 Å². The molecule has 0 unspecified atom stereocenters. The summed E-state index contributed by atoms with van der Waals surface area (Å²) in [5.41, 5.74) is 3.02. The fraction of sp³-hybridized carbons (Fsp3) is 0.600. The van der Waals surface area contributed by atoms with Crippen LogP contribution in [0.25, 0.3) is 0 Å². The molecule has 1 aliphatic carbocycles. The highest BCUT2D eigenvalue weighted by atomic mass is 15.2. The van der Waals surface area contributed by atoms with Gasteiger partial charge in [0.2, 0.25) is 0 Å². The Balaban J connectivity index is 1.56. The molecule has 1 aliphatic heterocycles. The van der Waals surface area contributed by atoms with Crippen LogP contribution in [0.1, 0.15) is 43.3 Å². The van der Waals surface area contributed by atoms with Crippen molar-refractivity contribution in [1.82, 2.24) is 24.8 Å². The van der Waals surface area contributed by atoms with Crippen LogP contribution in [0, 0.1) is 12.3 Å². The quantitative estimate of drug-likeness (QED) is 0.879. The average Bonchev–Trinajstić information content (AvgIpc) is 3.12. The van der Waals surface area contributed by atoms with Crippen molar-refractivity contribution in [2.45, 2.75) is 58.8 Å². The molecule has 1 N–H and O–H groups in total. The molecule has 5 nitrogen and oxygen atoms in total. The number of imidazole rings is 1. The number of rotatable bonds is 6. The third-order valence-corrected chi connectivity index (χ3v) is 6.16. The second kappa shape index (κ2) is 6.89. The van der Waals surface area contributed by atoms with Gasteiger partial charge >= 0.3 is 0 Å². The molecule has 0 radical (unpaired) electrons.